The number of benzene rings is 1. The fraction of sp³-hybridized carbons (Fsp3) is 0.435. The fourth-order valence-corrected chi connectivity index (χ4v) is 3.76. The lowest BCUT2D eigenvalue weighted by Gasteiger charge is -2.21. The van der Waals surface area contributed by atoms with Gasteiger partial charge in [-0.3, -0.25) is 14.6 Å². The molecule has 0 aliphatic heterocycles. The minimum Gasteiger partial charge on any atom is -0.354 e. The number of amides is 2. The van der Waals surface area contributed by atoms with Crippen molar-refractivity contribution in [1.82, 2.24) is 10.3 Å². The predicted octanol–water partition coefficient (Wildman–Crippen LogP) is 3.81. The number of carbonyl (C=O) groups excluding carboxylic acids is 2. The first kappa shape index (κ1) is 21.0. The lowest BCUT2D eigenvalue weighted by atomic mass is 9.86. The fourth-order valence-electron chi connectivity index (χ4n) is 3.76. The minimum atomic E-state index is -0.300. The molecule has 2 amide bonds. The number of anilines is 1. The highest BCUT2D eigenvalue weighted by Crippen LogP contribution is 2.27. The van der Waals surface area contributed by atoms with Crippen LogP contribution in [0.2, 0.25) is 0 Å². The van der Waals surface area contributed by atoms with Gasteiger partial charge < -0.3 is 16.4 Å². The van der Waals surface area contributed by atoms with E-state index in [9.17, 15) is 9.59 Å². The summed E-state index contributed by atoms with van der Waals surface area (Å²) in [6, 6.07) is 10.3. The number of hydrogen-bond donors (Lipinski definition) is 3. The van der Waals surface area contributed by atoms with Crippen molar-refractivity contribution >= 4 is 17.5 Å². The van der Waals surface area contributed by atoms with Crippen LogP contribution in [0.15, 0.2) is 48.8 Å². The van der Waals surface area contributed by atoms with E-state index in [1.165, 1.54) is 32.1 Å². The molecule has 6 heteroatoms. The Balaban J connectivity index is 1.42. The first-order chi connectivity index (χ1) is 14.1. The Morgan fingerprint density at radius 3 is 2.41 bits per heavy atom. The summed E-state index contributed by atoms with van der Waals surface area (Å²) in [5.74, 6) is 0.584. The van der Waals surface area contributed by atoms with E-state index in [-0.39, 0.29) is 17.9 Å². The highest BCUT2D eigenvalue weighted by Gasteiger charge is 2.15. The Hall–Kier alpha value is -2.73. The van der Waals surface area contributed by atoms with Crippen LogP contribution in [0.3, 0.4) is 0 Å². The van der Waals surface area contributed by atoms with Crippen LogP contribution in [-0.2, 0) is 4.79 Å². The van der Waals surface area contributed by atoms with Gasteiger partial charge in [-0.15, -0.1) is 0 Å². The van der Waals surface area contributed by atoms with Gasteiger partial charge in [-0.2, -0.15) is 0 Å². The van der Waals surface area contributed by atoms with Crippen molar-refractivity contribution in [3.8, 4) is 0 Å². The van der Waals surface area contributed by atoms with Gasteiger partial charge in [0, 0.05) is 42.7 Å². The van der Waals surface area contributed by atoms with E-state index >= 15 is 0 Å². The molecule has 154 valence electrons. The van der Waals surface area contributed by atoms with Crippen molar-refractivity contribution in [3.63, 3.8) is 0 Å². The van der Waals surface area contributed by atoms with Crippen molar-refractivity contribution in [2.24, 2.45) is 11.7 Å². The molecule has 1 saturated carbocycles. The normalized spacial score (nSPS) is 15.5. The molecule has 0 saturated heterocycles. The molecule has 4 N–H and O–H groups in total. The van der Waals surface area contributed by atoms with Gasteiger partial charge in [0.15, 0.2) is 0 Å². The maximum absolute atomic E-state index is 12.3. The van der Waals surface area contributed by atoms with Crippen LogP contribution in [0.4, 0.5) is 5.69 Å². The number of aromatic nitrogens is 1. The lowest BCUT2D eigenvalue weighted by Crippen LogP contribution is -2.32. The van der Waals surface area contributed by atoms with Crippen LogP contribution in [0, 0.1) is 5.92 Å². The second kappa shape index (κ2) is 10.7. The van der Waals surface area contributed by atoms with Gasteiger partial charge in [-0.05, 0) is 42.2 Å². The van der Waals surface area contributed by atoms with Crippen LogP contribution in [0.1, 0.15) is 66.9 Å². The Labute approximate surface area is 172 Å². The average Bonchev–Trinajstić information content (AvgIpc) is 2.77. The highest BCUT2D eigenvalue weighted by atomic mass is 16.2. The molecular weight excluding hydrogens is 364 g/mol. The van der Waals surface area contributed by atoms with Crippen LogP contribution in [0.5, 0.6) is 0 Å². The van der Waals surface area contributed by atoms with E-state index in [0.29, 0.717) is 30.1 Å². The molecule has 1 aliphatic carbocycles. The first-order valence-corrected chi connectivity index (χ1v) is 10.5. The smallest absolute Gasteiger partial charge is 0.255 e. The summed E-state index contributed by atoms with van der Waals surface area (Å²) in [5, 5.41) is 5.76. The number of nitrogens with two attached hydrogens (primary N) is 1. The first-order valence-electron chi connectivity index (χ1n) is 10.5. The zero-order valence-electron chi connectivity index (χ0n) is 16.8. The van der Waals surface area contributed by atoms with Crippen LogP contribution in [-0.4, -0.2) is 23.3 Å². The van der Waals surface area contributed by atoms with Gasteiger partial charge in [-0.1, -0.05) is 44.2 Å². The van der Waals surface area contributed by atoms with Crippen molar-refractivity contribution in [2.45, 2.75) is 51.0 Å². The van der Waals surface area contributed by atoms with Gasteiger partial charge in [0.25, 0.3) is 5.91 Å². The van der Waals surface area contributed by atoms with E-state index in [0.717, 1.165) is 12.0 Å². The number of nitrogens with zero attached hydrogens (tertiary/aromatic N) is 1. The van der Waals surface area contributed by atoms with Crippen molar-refractivity contribution in [1.29, 1.82) is 0 Å². The molecule has 0 bridgehead atoms. The Morgan fingerprint density at radius 1 is 1.03 bits per heavy atom. The molecule has 29 heavy (non-hydrogen) atoms. The zero-order valence-corrected chi connectivity index (χ0v) is 16.8. The second-order valence-corrected chi connectivity index (χ2v) is 7.77. The molecule has 0 spiro atoms. The topological polar surface area (TPSA) is 97.1 Å². The number of pyridine rings is 1. The van der Waals surface area contributed by atoms with Gasteiger partial charge >= 0.3 is 0 Å². The average molecular weight is 395 g/mol. The van der Waals surface area contributed by atoms with E-state index in [1.807, 2.05) is 12.1 Å². The Morgan fingerprint density at radius 2 is 1.72 bits per heavy atom. The predicted molar refractivity (Wildman–Crippen MR) is 114 cm³/mol. The van der Waals surface area contributed by atoms with Crippen molar-refractivity contribution < 1.29 is 9.59 Å². The molecule has 1 atom stereocenters. The molecule has 6 nitrogen and oxygen atoms in total. The van der Waals surface area contributed by atoms with Gasteiger partial charge in [0.2, 0.25) is 5.91 Å². The number of nitrogens with one attached hydrogen (secondary N) is 2. The summed E-state index contributed by atoms with van der Waals surface area (Å²) in [7, 11) is 0. The molecular formula is C23H30N4O2. The maximum Gasteiger partial charge on any atom is 0.255 e. The summed E-state index contributed by atoms with van der Waals surface area (Å²) < 4.78 is 0. The number of carbonyl (C=O) groups is 2. The SMILES string of the molecule is NC(CNC(=O)CCC1CCCCC1)c1ccc(C(=O)Nc2ccncc2)cc1. The highest BCUT2D eigenvalue weighted by molar-refractivity contribution is 6.04. The minimum absolute atomic E-state index is 0.0689. The summed E-state index contributed by atoms with van der Waals surface area (Å²) in [6.07, 6.45) is 11.3. The Kier molecular flexibility index (Phi) is 7.76. The summed E-state index contributed by atoms with van der Waals surface area (Å²) in [4.78, 5) is 28.3. The van der Waals surface area contributed by atoms with E-state index in [4.69, 9.17) is 5.73 Å². The lowest BCUT2D eigenvalue weighted by molar-refractivity contribution is -0.121. The zero-order chi connectivity index (χ0) is 20.5. The van der Waals surface area contributed by atoms with Crippen LogP contribution in [0.25, 0.3) is 0 Å². The summed E-state index contributed by atoms with van der Waals surface area (Å²) in [6.45, 7) is 0.395. The maximum atomic E-state index is 12.3. The third-order valence-corrected chi connectivity index (χ3v) is 5.56. The van der Waals surface area contributed by atoms with E-state index < -0.39 is 0 Å². The molecule has 1 aromatic carbocycles. The molecule has 0 radical (unpaired) electrons. The number of hydrogen-bond acceptors (Lipinski definition) is 4. The largest absolute Gasteiger partial charge is 0.354 e. The van der Waals surface area contributed by atoms with E-state index in [2.05, 4.69) is 15.6 Å². The van der Waals surface area contributed by atoms with Crippen molar-refractivity contribution in [3.05, 3.63) is 59.9 Å². The molecule has 1 aromatic heterocycles. The molecule has 1 heterocycles. The molecule has 3 rings (SSSR count). The third-order valence-electron chi connectivity index (χ3n) is 5.56. The number of rotatable bonds is 8. The van der Waals surface area contributed by atoms with E-state index in [1.54, 1.807) is 36.7 Å². The standard InChI is InChI=1S/C23H30N4O2/c24-21(16-26-22(28)11-6-17-4-2-1-3-5-17)18-7-9-19(10-8-18)23(29)27-20-12-14-25-15-13-20/h7-10,12-15,17,21H,1-6,11,16,24H2,(H,26,28)(H,25,27,29). The van der Waals surface area contributed by atoms with Gasteiger partial charge in [0.05, 0.1) is 0 Å². The Bertz CT molecular complexity index is 786. The third kappa shape index (κ3) is 6.68. The monoisotopic (exact) mass is 394 g/mol. The van der Waals surface area contributed by atoms with Crippen LogP contribution >= 0.6 is 0 Å². The van der Waals surface area contributed by atoms with Crippen LogP contribution < -0.4 is 16.4 Å². The molecule has 1 fully saturated rings. The summed E-state index contributed by atoms with van der Waals surface area (Å²) >= 11 is 0. The second-order valence-electron chi connectivity index (χ2n) is 7.77. The quantitative estimate of drug-likeness (QED) is 0.634. The molecule has 1 aliphatic rings. The summed E-state index contributed by atoms with van der Waals surface area (Å²) in [5.41, 5.74) is 8.34. The van der Waals surface area contributed by atoms with Crippen molar-refractivity contribution in [2.75, 3.05) is 11.9 Å². The van der Waals surface area contributed by atoms with Gasteiger partial charge in [-0.25, -0.2) is 0 Å². The van der Waals surface area contributed by atoms with Gasteiger partial charge in [0.1, 0.15) is 0 Å². The molecule has 2 aromatic rings. The molecule has 1 unspecified atom stereocenters.